The van der Waals surface area contributed by atoms with Crippen molar-refractivity contribution in [1.29, 1.82) is 0 Å². The standard InChI is InChI=1S/C25H28FN5O2/c1-8-11-28-24(26)16(9-2)17-12-18-19(13-22(17)33-7)29-14-21-23(18)31(25(32)30(21)6)20(10-3)15(4)27-5/h8-14H,1-7H3/b11-8+,16-9-,20-10+,27-15?,28-24-. The van der Waals surface area contributed by atoms with E-state index in [0.29, 0.717) is 44.7 Å². The Labute approximate surface area is 191 Å². The molecule has 0 N–H and O–H groups in total. The van der Waals surface area contributed by atoms with Crippen LogP contribution < -0.4 is 10.4 Å². The quantitative estimate of drug-likeness (QED) is 0.488. The average Bonchev–Trinajstić information content (AvgIpc) is 3.08. The number of allylic oxidation sites excluding steroid dienone is 5. The third-order valence-electron chi connectivity index (χ3n) is 5.56. The number of methoxy groups -OCH3 is 1. The van der Waals surface area contributed by atoms with Gasteiger partial charge in [-0.05, 0) is 33.8 Å². The third kappa shape index (κ3) is 4.04. The molecule has 33 heavy (non-hydrogen) atoms. The molecule has 0 saturated heterocycles. The van der Waals surface area contributed by atoms with E-state index in [0.717, 1.165) is 0 Å². The van der Waals surface area contributed by atoms with Gasteiger partial charge in [-0.1, -0.05) is 18.2 Å². The Morgan fingerprint density at radius 3 is 2.52 bits per heavy atom. The van der Waals surface area contributed by atoms with Crippen LogP contribution in [0.5, 0.6) is 5.75 Å². The SMILES string of the molecule is C\C=C(/C(F)=N/C=C/C)c1cc2c(cc1OC)ncc1c2n(/C(=C/C)C(C)=NC)c(=O)n1C. The van der Waals surface area contributed by atoms with E-state index < -0.39 is 5.97 Å². The molecule has 0 spiro atoms. The Morgan fingerprint density at radius 1 is 1.21 bits per heavy atom. The minimum absolute atomic E-state index is 0.222. The Hall–Kier alpha value is -3.81. The number of pyridine rings is 1. The largest absolute Gasteiger partial charge is 0.496 e. The number of ether oxygens (including phenoxy) is 1. The predicted octanol–water partition coefficient (Wildman–Crippen LogP) is 5.15. The molecule has 0 aliphatic heterocycles. The fourth-order valence-corrected chi connectivity index (χ4v) is 3.84. The number of imidazole rings is 1. The Kier molecular flexibility index (Phi) is 7.06. The van der Waals surface area contributed by atoms with Crippen molar-refractivity contribution in [3.05, 3.63) is 58.8 Å². The van der Waals surface area contributed by atoms with E-state index >= 15 is 0 Å². The van der Waals surface area contributed by atoms with Crippen LogP contribution in [-0.4, -0.2) is 40.0 Å². The Bertz CT molecular complexity index is 1430. The van der Waals surface area contributed by atoms with Gasteiger partial charge in [-0.2, -0.15) is 4.39 Å². The van der Waals surface area contributed by atoms with Crippen LogP contribution in [-0.2, 0) is 7.05 Å². The first-order valence-electron chi connectivity index (χ1n) is 10.5. The van der Waals surface area contributed by atoms with Crippen LogP contribution in [0.2, 0.25) is 0 Å². The molecular formula is C25H28FN5O2. The highest BCUT2D eigenvalue weighted by Crippen LogP contribution is 2.35. The summed E-state index contributed by atoms with van der Waals surface area (Å²) in [6, 6.07) is 3.54. The summed E-state index contributed by atoms with van der Waals surface area (Å²) in [4.78, 5) is 25.9. The number of hydrogen-bond donors (Lipinski definition) is 0. The summed E-state index contributed by atoms with van der Waals surface area (Å²) in [5, 5.41) is 0.683. The van der Waals surface area contributed by atoms with Gasteiger partial charge in [0.05, 0.1) is 41.3 Å². The molecule has 2 heterocycles. The molecule has 0 atom stereocenters. The Morgan fingerprint density at radius 2 is 1.94 bits per heavy atom. The fourth-order valence-electron chi connectivity index (χ4n) is 3.84. The van der Waals surface area contributed by atoms with Crippen molar-refractivity contribution in [2.75, 3.05) is 14.2 Å². The van der Waals surface area contributed by atoms with Crippen molar-refractivity contribution in [2.24, 2.45) is 17.0 Å². The van der Waals surface area contributed by atoms with E-state index in [1.54, 1.807) is 67.6 Å². The molecule has 0 bridgehead atoms. The van der Waals surface area contributed by atoms with Gasteiger partial charge >= 0.3 is 5.69 Å². The molecule has 0 radical (unpaired) electrons. The summed E-state index contributed by atoms with van der Waals surface area (Å²) >= 11 is 0. The van der Waals surface area contributed by atoms with E-state index in [1.807, 2.05) is 19.9 Å². The van der Waals surface area contributed by atoms with Crippen molar-refractivity contribution < 1.29 is 9.13 Å². The number of fused-ring (bicyclic) bond motifs is 3. The topological polar surface area (TPSA) is 73.8 Å². The highest BCUT2D eigenvalue weighted by Gasteiger charge is 2.21. The van der Waals surface area contributed by atoms with Crippen molar-refractivity contribution >= 4 is 44.9 Å². The molecule has 3 rings (SSSR count). The minimum atomic E-state index is -0.637. The first kappa shape index (κ1) is 23.8. The molecule has 7 nitrogen and oxygen atoms in total. The number of halogens is 1. The van der Waals surface area contributed by atoms with Crippen LogP contribution in [0.1, 0.15) is 33.3 Å². The van der Waals surface area contributed by atoms with Crippen LogP contribution >= 0.6 is 0 Å². The number of aromatic nitrogens is 3. The lowest BCUT2D eigenvalue weighted by molar-refractivity contribution is 0.414. The first-order valence-corrected chi connectivity index (χ1v) is 10.5. The second kappa shape index (κ2) is 9.77. The van der Waals surface area contributed by atoms with E-state index in [1.165, 1.54) is 13.3 Å². The van der Waals surface area contributed by atoms with Crippen LogP contribution in [0.25, 0.3) is 33.2 Å². The second-order valence-electron chi connectivity index (χ2n) is 7.33. The lowest BCUT2D eigenvalue weighted by Gasteiger charge is -2.14. The van der Waals surface area contributed by atoms with Crippen molar-refractivity contribution in [2.45, 2.75) is 27.7 Å². The van der Waals surface area contributed by atoms with Gasteiger partial charge in [0, 0.05) is 42.9 Å². The molecular weight excluding hydrogens is 421 g/mol. The molecule has 8 heteroatoms. The smallest absolute Gasteiger partial charge is 0.333 e. The number of aliphatic imine (C=N–C) groups is 2. The van der Waals surface area contributed by atoms with Gasteiger partial charge < -0.3 is 4.74 Å². The number of aryl methyl sites for hydroxylation is 1. The summed E-state index contributed by atoms with van der Waals surface area (Å²) in [6.45, 7) is 7.21. The maximum absolute atomic E-state index is 14.9. The zero-order valence-electron chi connectivity index (χ0n) is 20.0. The van der Waals surface area contributed by atoms with Gasteiger partial charge in [-0.3, -0.25) is 19.1 Å². The van der Waals surface area contributed by atoms with E-state index in [9.17, 15) is 9.18 Å². The monoisotopic (exact) mass is 449 g/mol. The first-order chi connectivity index (χ1) is 15.8. The molecule has 0 amide bonds. The fraction of sp³-hybridized carbons (Fsp3) is 0.280. The molecule has 2 aromatic heterocycles. The lowest BCUT2D eigenvalue weighted by atomic mass is 10.0. The predicted molar refractivity (Wildman–Crippen MR) is 135 cm³/mol. The summed E-state index contributed by atoms with van der Waals surface area (Å²) in [6.07, 6.45) is 8.19. The zero-order valence-corrected chi connectivity index (χ0v) is 20.0. The van der Waals surface area contributed by atoms with Crippen LogP contribution in [0.3, 0.4) is 0 Å². The number of nitrogens with zero attached hydrogens (tertiary/aromatic N) is 5. The van der Waals surface area contributed by atoms with E-state index in [-0.39, 0.29) is 11.3 Å². The van der Waals surface area contributed by atoms with Gasteiger partial charge in [-0.15, -0.1) is 0 Å². The third-order valence-corrected chi connectivity index (χ3v) is 5.56. The van der Waals surface area contributed by atoms with Gasteiger partial charge in [-0.25, -0.2) is 9.79 Å². The molecule has 0 fully saturated rings. The summed E-state index contributed by atoms with van der Waals surface area (Å²) in [5.41, 5.74) is 3.88. The van der Waals surface area contributed by atoms with Crippen LogP contribution in [0.15, 0.2) is 57.5 Å². The molecule has 0 unspecified atom stereocenters. The lowest BCUT2D eigenvalue weighted by Crippen LogP contribution is -2.24. The van der Waals surface area contributed by atoms with Crippen molar-refractivity contribution in [3.63, 3.8) is 0 Å². The molecule has 1 aromatic carbocycles. The summed E-state index contributed by atoms with van der Waals surface area (Å²) in [5.74, 6) is -0.183. The average molecular weight is 450 g/mol. The molecule has 0 aliphatic carbocycles. The molecule has 0 aliphatic rings. The van der Waals surface area contributed by atoms with Gasteiger partial charge in [0.2, 0.25) is 5.97 Å². The van der Waals surface area contributed by atoms with Crippen LogP contribution in [0, 0.1) is 0 Å². The highest BCUT2D eigenvalue weighted by atomic mass is 19.1. The highest BCUT2D eigenvalue weighted by molar-refractivity contribution is 6.22. The van der Waals surface area contributed by atoms with Gasteiger partial charge in [0.25, 0.3) is 0 Å². The van der Waals surface area contributed by atoms with Gasteiger partial charge in [0.15, 0.2) is 0 Å². The van der Waals surface area contributed by atoms with E-state index in [2.05, 4.69) is 15.0 Å². The van der Waals surface area contributed by atoms with Gasteiger partial charge in [0.1, 0.15) is 5.75 Å². The molecule has 0 saturated carbocycles. The number of hydrogen-bond acceptors (Lipinski definition) is 5. The van der Waals surface area contributed by atoms with E-state index in [4.69, 9.17) is 4.74 Å². The zero-order chi connectivity index (χ0) is 24.3. The molecule has 172 valence electrons. The van der Waals surface area contributed by atoms with Crippen molar-refractivity contribution in [3.8, 4) is 5.75 Å². The Balaban J connectivity index is 2.51. The summed E-state index contributed by atoms with van der Waals surface area (Å²) < 4.78 is 23.7. The number of benzene rings is 1. The van der Waals surface area contributed by atoms with Crippen molar-refractivity contribution in [1.82, 2.24) is 14.1 Å². The normalized spacial score (nSPS) is 14.2. The maximum Gasteiger partial charge on any atom is 0.333 e. The summed E-state index contributed by atoms with van der Waals surface area (Å²) in [7, 11) is 4.91. The van der Waals surface area contributed by atoms with Crippen LogP contribution in [0.4, 0.5) is 4.39 Å². The molecule has 3 aromatic rings. The second-order valence-corrected chi connectivity index (χ2v) is 7.33. The number of rotatable bonds is 6. The maximum atomic E-state index is 14.9. The minimum Gasteiger partial charge on any atom is -0.496 e.